The molecule has 27 heavy (non-hydrogen) atoms. The third-order valence-electron chi connectivity index (χ3n) is 4.52. The average Bonchev–Trinajstić information content (AvgIpc) is 2.69. The second-order valence-electron chi connectivity index (χ2n) is 6.63. The van der Waals surface area contributed by atoms with Crippen LogP contribution in [0.3, 0.4) is 0 Å². The Morgan fingerprint density at radius 3 is 2.11 bits per heavy atom. The van der Waals surface area contributed by atoms with Gasteiger partial charge in [0.25, 0.3) is 0 Å². The first kappa shape index (κ1) is 17.1. The molecule has 4 nitrogen and oxygen atoms in total. The van der Waals surface area contributed by atoms with Crippen LogP contribution in [0, 0.1) is 11.3 Å². The second-order valence-corrected chi connectivity index (χ2v) is 6.63. The van der Waals surface area contributed by atoms with Gasteiger partial charge in [-0.05, 0) is 54.1 Å². The first-order chi connectivity index (χ1) is 13.3. The van der Waals surface area contributed by atoms with Crippen molar-refractivity contribution in [3.63, 3.8) is 0 Å². The summed E-state index contributed by atoms with van der Waals surface area (Å²) >= 11 is 0. The predicted octanol–water partition coefficient (Wildman–Crippen LogP) is 4.61. The molecule has 1 heterocycles. The Morgan fingerprint density at radius 2 is 1.44 bits per heavy atom. The van der Waals surface area contributed by atoms with E-state index in [1.54, 1.807) is 12.1 Å². The van der Waals surface area contributed by atoms with E-state index in [2.05, 4.69) is 23.1 Å². The molecule has 0 spiro atoms. The highest BCUT2D eigenvalue weighted by Gasteiger charge is 2.28. The summed E-state index contributed by atoms with van der Waals surface area (Å²) in [7, 11) is 0. The van der Waals surface area contributed by atoms with E-state index in [1.807, 2.05) is 54.6 Å². The molecule has 0 unspecified atom stereocenters. The lowest BCUT2D eigenvalue weighted by Gasteiger charge is -2.39. The van der Waals surface area contributed by atoms with E-state index in [9.17, 15) is 0 Å². The van der Waals surface area contributed by atoms with Crippen LogP contribution in [-0.4, -0.2) is 24.1 Å². The van der Waals surface area contributed by atoms with Crippen molar-refractivity contribution >= 4 is 0 Å². The van der Waals surface area contributed by atoms with Crippen molar-refractivity contribution in [3.05, 3.63) is 90.0 Å². The van der Waals surface area contributed by atoms with Crippen molar-refractivity contribution in [1.82, 2.24) is 4.90 Å². The third kappa shape index (κ3) is 4.46. The minimum atomic E-state index is 0.207. The van der Waals surface area contributed by atoms with Crippen molar-refractivity contribution in [3.8, 4) is 23.3 Å². The van der Waals surface area contributed by atoms with Crippen LogP contribution in [0.25, 0.3) is 0 Å². The SMILES string of the molecule is N#Cc1ccc(OC2CN(Cc3ccc(Oc4ccccc4)cc3)C2)cc1. The van der Waals surface area contributed by atoms with Crippen LogP contribution in [-0.2, 0) is 6.54 Å². The van der Waals surface area contributed by atoms with Gasteiger partial charge in [-0.2, -0.15) is 5.26 Å². The van der Waals surface area contributed by atoms with Crippen molar-refractivity contribution in [2.24, 2.45) is 0 Å². The molecule has 0 bridgehead atoms. The molecule has 1 fully saturated rings. The van der Waals surface area contributed by atoms with E-state index in [1.165, 1.54) is 5.56 Å². The molecule has 4 rings (SSSR count). The van der Waals surface area contributed by atoms with Gasteiger partial charge >= 0.3 is 0 Å². The second kappa shape index (κ2) is 7.94. The molecule has 134 valence electrons. The van der Waals surface area contributed by atoms with Gasteiger partial charge in [0.1, 0.15) is 23.4 Å². The maximum atomic E-state index is 8.83. The van der Waals surface area contributed by atoms with Gasteiger partial charge in [-0.25, -0.2) is 0 Å². The molecule has 1 aliphatic heterocycles. The maximum absolute atomic E-state index is 8.83. The molecule has 0 saturated carbocycles. The Morgan fingerprint density at radius 1 is 0.815 bits per heavy atom. The lowest BCUT2D eigenvalue weighted by Crippen LogP contribution is -2.53. The normalized spacial score (nSPS) is 14.2. The van der Waals surface area contributed by atoms with Gasteiger partial charge in [0.2, 0.25) is 0 Å². The topological polar surface area (TPSA) is 45.5 Å². The molecule has 0 aliphatic carbocycles. The Bertz CT molecular complexity index is 909. The Kier molecular flexibility index (Phi) is 5.04. The van der Waals surface area contributed by atoms with Crippen LogP contribution in [0.4, 0.5) is 0 Å². The smallest absolute Gasteiger partial charge is 0.127 e. The first-order valence-electron chi connectivity index (χ1n) is 8.99. The number of nitrogens with zero attached hydrogens (tertiary/aromatic N) is 2. The number of ether oxygens (including phenoxy) is 2. The fourth-order valence-corrected chi connectivity index (χ4v) is 3.07. The summed E-state index contributed by atoms with van der Waals surface area (Å²) < 4.78 is 11.8. The van der Waals surface area contributed by atoms with E-state index in [0.29, 0.717) is 5.56 Å². The summed E-state index contributed by atoms with van der Waals surface area (Å²) in [5, 5.41) is 8.83. The van der Waals surface area contributed by atoms with Crippen LogP contribution in [0.2, 0.25) is 0 Å². The number of rotatable bonds is 6. The summed E-state index contributed by atoms with van der Waals surface area (Å²) in [6, 6.07) is 27.4. The molecule has 1 saturated heterocycles. The number of hydrogen-bond acceptors (Lipinski definition) is 4. The van der Waals surface area contributed by atoms with Crippen LogP contribution < -0.4 is 9.47 Å². The van der Waals surface area contributed by atoms with E-state index < -0.39 is 0 Å². The molecule has 0 N–H and O–H groups in total. The van der Waals surface area contributed by atoms with Gasteiger partial charge in [-0.3, -0.25) is 4.90 Å². The minimum Gasteiger partial charge on any atom is -0.488 e. The number of para-hydroxylation sites is 1. The largest absolute Gasteiger partial charge is 0.488 e. The summed E-state index contributed by atoms with van der Waals surface area (Å²) in [6.45, 7) is 2.71. The Labute approximate surface area is 159 Å². The molecular formula is C23H20N2O2. The van der Waals surface area contributed by atoms with E-state index in [-0.39, 0.29) is 6.10 Å². The van der Waals surface area contributed by atoms with Crippen molar-refractivity contribution in [2.75, 3.05) is 13.1 Å². The quantitative estimate of drug-likeness (QED) is 0.647. The van der Waals surface area contributed by atoms with Crippen LogP contribution >= 0.6 is 0 Å². The van der Waals surface area contributed by atoms with E-state index >= 15 is 0 Å². The maximum Gasteiger partial charge on any atom is 0.127 e. The van der Waals surface area contributed by atoms with Gasteiger partial charge in [0, 0.05) is 19.6 Å². The van der Waals surface area contributed by atoms with Crippen LogP contribution in [0.1, 0.15) is 11.1 Å². The van der Waals surface area contributed by atoms with Gasteiger partial charge < -0.3 is 9.47 Å². The third-order valence-corrected chi connectivity index (χ3v) is 4.52. The molecular weight excluding hydrogens is 336 g/mol. The van der Waals surface area contributed by atoms with Gasteiger partial charge in [0.15, 0.2) is 0 Å². The highest BCUT2D eigenvalue weighted by molar-refractivity contribution is 5.35. The Balaban J connectivity index is 1.24. The predicted molar refractivity (Wildman–Crippen MR) is 104 cm³/mol. The van der Waals surface area contributed by atoms with E-state index in [4.69, 9.17) is 14.7 Å². The number of hydrogen-bond donors (Lipinski definition) is 0. The summed E-state index contributed by atoms with van der Waals surface area (Å²) in [5.41, 5.74) is 1.91. The molecule has 3 aromatic rings. The van der Waals surface area contributed by atoms with Crippen molar-refractivity contribution in [2.45, 2.75) is 12.6 Å². The standard InChI is InChI=1S/C23H20N2O2/c24-14-18-6-10-22(11-7-18)27-23-16-25(17-23)15-19-8-12-21(13-9-19)26-20-4-2-1-3-5-20/h1-13,23H,15-17H2. The molecule has 1 aliphatic rings. The highest BCUT2D eigenvalue weighted by Crippen LogP contribution is 2.23. The van der Waals surface area contributed by atoms with Crippen molar-refractivity contribution < 1.29 is 9.47 Å². The molecule has 0 radical (unpaired) electrons. The lowest BCUT2D eigenvalue weighted by molar-refractivity contribution is 0.0146. The van der Waals surface area contributed by atoms with Gasteiger partial charge in [0.05, 0.1) is 11.6 Å². The number of benzene rings is 3. The number of likely N-dealkylation sites (tertiary alicyclic amines) is 1. The summed E-state index contributed by atoms with van der Waals surface area (Å²) in [5.74, 6) is 2.51. The molecule has 0 amide bonds. The zero-order valence-electron chi connectivity index (χ0n) is 14.9. The van der Waals surface area contributed by atoms with Crippen LogP contribution in [0.15, 0.2) is 78.9 Å². The molecule has 0 atom stereocenters. The van der Waals surface area contributed by atoms with Crippen molar-refractivity contribution in [1.29, 1.82) is 5.26 Å². The molecule has 4 heteroatoms. The van der Waals surface area contributed by atoms with Crippen LogP contribution in [0.5, 0.6) is 17.2 Å². The summed E-state index contributed by atoms with van der Waals surface area (Å²) in [6.07, 6.45) is 0.207. The summed E-state index contributed by atoms with van der Waals surface area (Å²) in [4.78, 5) is 2.35. The molecule has 0 aromatic heterocycles. The zero-order valence-corrected chi connectivity index (χ0v) is 14.9. The lowest BCUT2D eigenvalue weighted by atomic mass is 10.1. The molecule has 3 aromatic carbocycles. The average molecular weight is 356 g/mol. The van der Waals surface area contributed by atoms with E-state index in [0.717, 1.165) is 36.9 Å². The fraction of sp³-hybridized carbons (Fsp3) is 0.174. The minimum absolute atomic E-state index is 0.207. The monoisotopic (exact) mass is 356 g/mol. The zero-order chi connectivity index (χ0) is 18.5. The first-order valence-corrected chi connectivity index (χ1v) is 8.99. The fourth-order valence-electron chi connectivity index (χ4n) is 3.07. The van der Waals surface area contributed by atoms with Gasteiger partial charge in [-0.15, -0.1) is 0 Å². The Hall–Kier alpha value is -3.29. The number of nitriles is 1. The highest BCUT2D eigenvalue weighted by atomic mass is 16.5. The van der Waals surface area contributed by atoms with Gasteiger partial charge in [-0.1, -0.05) is 30.3 Å².